The predicted octanol–water partition coefficient (Wildman–Crippen LogP) is 4.51. The molecule has 3 aromatic heterocycles. The largest absolute Gasteiger partial charge is 0.350 e. The van der Waals surface area contributed by atoms with E-state index in [-0.39, 0.29) is 23.8 Å². The van der Waals surface area contributed by atoms with Crippen LogP contribution in [0.1, 0.15) is 49.6 Å². The van der Waals surface area contributed by atoms with Gasteiger partial charge in [0, 0.05) is 47.7 Å². The first-order chi connectivity index (χ1) is 16.8. The standard InChI is InChI=1S/C26H32N8O/c1-16-11-22(30-23(12-16)31-24-13-18(3)32-33-24)20-14-21(15-20)26(35)29-19(4)17(2)7-8-25(27-5)34-10-6-9-28-34/h6-13,19-21H,5,14-15H2,1-4H3,(H,29,35)(H2,30,31,32,33)/b17-7+,25-8+/t19-,20?,21?/m0/s1. The zero-order valence-electron chi connectivity index (χ0n) is 20.6. The van der Waals surface area contributed by atoms with Crippen LogP contribution in [0.4, 0.5) is 11.6 Å². The Morgan fingerprint density at radius 2 is 2.06 bits per heavy atom. The summed E-state index contributed by atoms with van der Waals surface area (Å²) in [6, 6.07) is 7.78. The summed E-state index contributed by atoms with van der Waals surface area (Å²) < 4.78 is 1.64. The van der Waals surface area contributed by atoms with E-state index in [4.69, 9.17) is 4.98 Å². The molecule has 0 unspecified atom stereocenters. The first kappa shape index (κ1) is 24.1. The van der Waals surface area contributed by atoms with Crippen LogP contribution in [0.3, 0.4) is 0 Å². The second kappa shape index (κ2) is 10.5. The van der Waals surface area contributed by atoms with Gasteiger partial charge >= 0.3 is 0 Å². The lowest BCUT2D eigenvalue weighted by atomic mass is 9.72. The highest BCUT2D eigenvalue weighted by atomic mass is 16.2. The highest BCUT2D eigenvalue weighted by Crippen LogP contribution is 2.41. The first-order valence-corrected chi connectivity index (χ1v) is 11.8. The van der Waals surface area contributed by atoms with Crippen LogP contribution in [-0.2, 0) is 4.79 Å². The van der Waals surface area contributed by atoms with Gasteiger partial charge in [-0.3, -0.25) is 9.89 Å². The number of H-pyrrole nitrogens is 1. The monoisotopic (exact) mass is 472 g/mol. The number of carbonyl (C=O) groups is 1. The average Bonchev–Trinajstić information content (AvgIpc) is 3.44. The maximum atomic E-state index is 12.8. The van der Waals surface area contributed by atoms with Crippen LogP contribution in [0.25, 0.3) is 5.82 Å². The minimum atomic E-state index is -0.0910. The smallest absolute Gasteiger partial charge is 0.223 e. The molecule has 1 fully saturated rings. The number of pyridine rings is 1. The van der Waals surface area contributed by atoms with Crippen LogP contribution in [-0.4, -0.2) is 43.6 Å². The van der Waals surface area contributed by atoms with Crippen molar-refractivity contribution in [1.29, 1.82) is 0 Å². The van der Waals surface area contributed by atoms with E-state index >= 15 is 0 Å². The molecule has 9 nitrogen and oxygen atoms in total. The van der Waals surface area contributed by atoms with E-state index in [2.05, 4.69) is 50.6 Å². The van der Waals surface area contributed by atoms with Gasteiger partial charge in [0.2, 0.25) is 5.91 Å². The van der Waals surface area contributed by atoms with Crippen molar-refractivity contribution in [2.45, 2.75) is 52.5 Å². The third kappa shape index (κ3) is 5.92. The van der Waals surface area contributed by atoms with Crippen molar-refractivity contribution in [2.75, 3.05) is 5.32 Å². The third-order valence-corrected chi connectivity index (χ3v) is 6.32. The number of hydrogen-bond donors (Lipinski definition) is 3. The van der Waals surface area contributed by atoms with Gasteiger partial charge in [-0.15, -0.1) is 0 Å². The number of aliphatic imine (C=N–C) groups is 1. The molecule has 1 saturated carbocycles. The zero-order chi connectivity index (χ0) is 24.9. The summed E-state index contributed by atoms with van der Waals surface area (Å²) in [7, 11) is 0. The van der Waals surface area contributed by atoms with Gasteiger partial charge in [0.25, 0.3) is 0 Å². The van der Waals surface area contributed by atoms with Crippen molar-refractivity contribution in [2.24, 2.45) is 10.9 Å². The van der Waals surface area contributed by atoms with Crippen LogP contribution in [0.2, 0.25) is 0 Å². The Bertz CT molecular complexity index is 1250. The van der Waals surface area contributed by atoms with Gasteiger partial charge in [0.05, 0.1) is 0 Å². The second-order valence-corrected chi connectivity index (χ2v) is 9.16. The van der Waals surface area contributed by atoms with Crippen LogP contribution in [0.15, 0.2) is 59.4 Å². The topological polar surface area (TPSA) is 113 Å². The molecule has 1 aliphatic carbocycles. The molecule has 1 atom stereocenters. The Kier molecular flexibility index (Phi) is 7.24. The lowest BCUT2D eigenvalue weighted by Crippen LogP contribution is -2.42. The molecule has 3 N–H and O–H groups in total. The number of nitrogens with zero attached hydrogens (tertiary/aromatic N) is 5. The maximum Gasteiger partial charge on any atom is 0.223 e. The molecule has 0 bridgehead atoms. The number of aromatic amines is 1. The predicted molar refractivity (Wildman–Crippen MR) is 138 cm³/mol. The fourth-order valence-electron chi connectivity index (χ4n) is 4.06. The van der Waals surface area contributed by atoms with E-state index in [1.165, 1.54) is 0 Å². The molecule has 1 amide bonds. The molecule has 0 aliphatic heterocycles. The fourth-order valence-corrected chi connectivity index (χ4v) is 4.06. The number of aryl methyl sites for hydroxylation is 2. The molecule has 0 radical (unpaired) electrons. The Labute approximate surface area is 205 Å². The molecule has 0 saturated heterocycles. The molecule has 182 valence electrons. The summed E-state index contributed by atoms with van der Waals surface area (Å²) >= 11 is 0. The Hall–Kier alpha value is -4.01. The second-order valence-electron chi connectivity index (χ2n) is 9.16. The Morgan fingerprint density at radius 3 is 2.71 bits per heavy atom. The number of anilines is 2. The van der Waals surface area contributed by atoms with Crippen molar-refractivity contribution < 1.29 is 4.79 Å². The maximum absolute atomic E-state index is 12.8. The molecule has 3 heterocycles. The Balaban J connectivity index is 1.32. The number of hydrogen-bond acceptors (Lipinski definition) is 6. The number of rotatable bonds is 9. The van der Waals surface area contributed by atoms with Gasteiger partial charge in [-0.25, -0.2) is 14.7 Å². The SMILES string of the molecule is C=N/C(=C\C=C(/C)[C@H](C)NC(=O)C1CC(c2cc(C)cc(Nc3cc(C)[nH]n3)n2)C1)n1cccn1. The van der Waals surface area contributed by atoms with Gasteiger partial charge in [-0.05, 0) is 77.1 Å². The summed E-state index contributed by atoms with van der Waals surface area (Å²) in [4.78, 5) is 21.6. The van der Waals surface area contributed by atoms with E-state index in [0.717, 1.165) is 47.0 Å². The lowest BCUT2D eigenvalue weighted by molar-refractivity contribution is -0.128. The van der Waals surface area contributed by atoms with Crippen molar-refractivity contribution in [3.05, 3.63) is 71.3 Å². The molecule has 0 aromatic carbocycles. The van der Waals surface area contributed by atoms with Crippen LogP contribution in [0.5, 0.6) is 0 Å². The molecule has 4 rings (SSSR count). The van der Waals surface area contributed by atoms with Crippen molar-refractivity contribution in [3.8, 4) is 0 Å². The highest BCUT2D eigenvalue weighted by Gasteiger charge is 2.36. The summed E-state index contributed by atoms with van der Waals surface area (Å²) in [5, 5.41) is 17.7. The van der Waals surface area contributed by atoms with Crippen molar-refractivity contribution >= 4 is 30.1 Å². The fraction of sp³-hybridized carbons (Fsp3) is 0.346. The van der Waals surface area contributed by atoms with Crippen LogP contribution >= 0.6 is 0 Å². The zero-order valence-corrected chi connectivity index (χ0v) is 20.6. The van der Waals surface area contributed by atoms with Crippen molar-refractivity contribution in [3.63, 3.8) is 0 Å². The average molecular weight is 473 g/mol. The minimum absolute atomic E-state index is 0.00650. The summed E-state index contributed by atoms with van der Waals surface area (Å²) in [6.07, 6.45) is 8.87. The van der Waals surface area contributed by atoms with E-state index < -0.39 is 0 Å². The van der Waals surface area contributed by atoms with E-state index in [9.17, 15) is 4.79 Å². The molecular weight excluding hydrogens is 440 g/mol. The van der Waals surface area contributed by atoms with E-state index in [1.54, 1.807) is 10.9 Å². The Morgan fingerprint density at radius 1 is 1.26 bits per heavy atom. The van der Waals surface area contributed by atoms with E-state index in [1.807, 2.05) is 57.3 Å². The summed E-state index contributed by atoms with van der Waals surface area (Å²) in [5.74, 6) is 2.48. The summed E-state index contributed by atoms with van der Waals surface area (Å²) in [6.45, 7) is 11.6. The quantitative estimate of drug-likeness (QED) is 0.313. The number of nitrogens with one attached hydrogen (secondary N) is 3. The van der Waals surface area contributed by atoms with Gasteiger partial charge in [-0.1, -0.05) is 11.6 Å². The first-order valence-electron chi connectivity index (χ1n) is 11.8. The number of amides is 1. The van der Waals surface area contributed by atoms with Crippen molar-refractivity contribution in [1.82, 2.24) is 30.3 Å². The molecular formula is C26H32N8O. The van der Waals surface area contributed by atoms with Crippen LogP contribution < -0.4 is 10.6 Å². The van der Waals surface area contributed by atoms with Gasteiger partial charge in [0.1, 0.15) is 5.82 Å². The molecule has 9 heteroatoms. The molecule has 1 aliphatic rings. The lowest BCUT2D eigenvalue weighted by Gasteiger charge is -2.35. The van der Waals surface area contributed by atoms with Gasteiger partial charge in [-0.2, -0.15) is 10.2 Å². The molecule has 35 heavy (non-hydrogen) atoms. The van der Waals surface area contributed by atoms with Gasteiger partial charge in [0.15, 0.2) is 11.6 Å². The number of allylic oxidation sites excluding steroid dienone is 2. The summed E-state index contributed by atoms with van der Waals surface area (Å²) in [5.41, 5.74) is 4.15. The molecule has 3 aromatic rings. The number of carbonyl (C=O) groups excluding carboxylic acids is 1. The third-order valence-electron chi connectivity index (χ3n) is 6.32. The van der Waals surface area contributed by atoms with Crippen LogP contribution in [0, 0.1) is 19.8 Å². The number of aromatic nitrogens is 5. The minimum Gasteiger partial charge on any atom is -0.350 e. The molecule has 0 spiro atoms. The normalized spacial score (nSPS) is 19.1. The van der Waals surface area contributed by atoms with Gasteiger partial charge < -0.3 is 10.6 Å². The van der Waals surface area contributed by atoms with E-state index in [0.29, 0.717) is 5.82 Å². The highest BCUT2D eigenvalue weighted by molar-refractivity contribution is 5.80.